The normalized spacial score (nSPS) is 27.5. The minimum atomic E-state index is -3.02. The molecule has 0 aromatic heterocycles. The van der Waals surface area contributed by atoms with E-state index in [2.05, 4.69) is 4.90 Å². The Morgan fingerprint density at radius 3 is 2.83 bits per heavy atom. The molecule has 1 aromatic rings. The third kappa shape index (κ3) is 2.44. The molecular formula is C15H20BN2O6-. The highest BCUT2D eigenvalue weighted by molar-refractivity contribution is 6.62. The molecule has 0 amide bonds. The van der Waals surface area contributed by atoms with Crippen molar-refractivity contribution in [3.8, 4) is 11.5 Å². The molecule has 4 rings (SSSR count). The lowest BCUT2D eigenvalue weighted by atomic mass is 9.68. The van der Waals surface area contributed by atoms with Crippen LogP contribution < -0.4 is 15.1 Å². The number of ether oxygens (including phenoxy) is 1. The van der Waals surface area contributed by atoms with Crippen molar-refractivity contribution < 1.29 is 29.3 Å². The molecule has 0 bridgehead atoms. The number of carboxylic acid groups (broad SMARTS) is 1. The van der Waals surface area contributed by atoms with E-state index < -0.39 is 12.7 Å². The van der Waals surface area contributed by atoms with Crippen LogP contribution in [0.3, 0.4) is 0 Å². The SMILES string of the molecule is NCCN1CC(Oc2ccc3c(c2C(=O)O)O[B-](O)(O)[C@H]2C[C@@H]32)C1. The van der Waals surface area contributed by atoms with Crippen molar-refractivity contribution in [2.45, 2.75) is 24.3 Å². The largest absolute Gasteiger partial charge is 0.669 e. The van der Waals surface area contributed by atoms with Gasteiger partial charge in [-0.1, -0.05) is 18.3 Å². The number of benzene rings is 1. The van der Waals surface area contributed by atoms with Gasteiger partial charge in [-0.15, -0.1) is 0 Å². The Balaban J connectivity index is 1.61. The van der Waals surface area contributed by atoms with Gasteiger partial charge in [-0.3, -0.25) is 4.90 Å². The smallest absolute Gasteiger partial charge is 0.434 e. The van der Waals surface area contributed by atoms with E-state index in [1.165, 1.54) is 0 Å². The molecule has 0 spiro atoms. The van der Waals surface area contributed by atoms with E-state index >= 15 is 0 Å². The summed E-state index contributed by atoms with van der Waals surface area (Å²) >= 11 is 0. The summed E-state index contributed by atoms with van der Waals surface area (Å²) in [6.45, 7) is -0.296. The van der Waals surface area contributed by atoms with Gasteiger partial charge in [-0.2, -0.15) is 0 Å². The molecule has 1 saturated carbocycles. The van der Waals surface area contributed by atoms with Gasteiger partial charge >= 0.3 is 12.7 Å². The Hall–Kier alpha value is -1.81. The first-order valence-corrected chi connectivity index (χ1v) is 8.18. The van der Waals surface area contributed by atoms with Gasteiger partial charge in [0.1, 0.15) is 17.4 Å². The fraction of sp³-hybridized carbons (Fsp3) is 0.533. The van der Waals surface area contributed by atoms with E-state index in [0.29, 0.717) is 31.6 Å². The second kappa shape index (κ2) is 5.35. The van der Waals surface area contributed by atoms with E-state index in [9.17, 15) is 19.9 Å². The van der Waals surface area contributed by atoms with Crippen molar-refractivity contribution in [1.29, 1.82) is 0 Å². The molecular weight excluding hydrogens is 315 g/mol. The molecule has 8 nitrogen and oxygen atoms in total. The topological polar surface area (TPSA) is 125 Å². The Bertz CT molecular complexity index is 691. The summed E-state index contributed by atoms with van der Waals surface area (Å²) in [7, 11) is 0. The first kappa shape index (κ1) is 15.7. The maximum Gasteiger partial charge on any atom is 0.434 e. The summed E-state index contributed by atoms with van der Waals surface area (Å²) in [5.41, 5.74) is 6.07. The van der Waals surface area contributed by atoms with Crippen LogP contribution in [0.25, 0.3) is 0 Å². The van der Waals surface area contributed by atoms with E-state index in [4.69, 9.17) is 15.1 Å². The molecule has 5 N–H and O–H groups in total. The summed E-state index contributed by atoms with van der Waals surface area (Å²) in [5, 5.41) is 29.6. The highest BCUT2D eigenvalue weighted by Crippen LogP contribution is 2.63. The van der Waals surface area contributed by atoms with Crippen LogP contribution >= 0.6 is 0 Å². The van der Waals surface area contributed by atoms with Gasteiger partial charge in [0.15, 0.2) is 0 Å². The van der Waals surface area contributed by atoms with E-state index in [1.807, 2.05) is 0 Å². The minimum absolute atomic E-state index is 0.0295. The van der Waals surface area contributed by atoms with Crippen molar-refractivity contribution in [3.05, 3.63) is 23.3 Å². The van der Waals surface area contributed by atoms with Crippen LogP contribution in [0.5, 0.6) is 11.5 Å². The van der Waals surface area contributed by atoms with Crippen LogP contribution in [0.15, 0.2) is 12.1 Å². The van der Waals surface area contributed by atoms with Crippen LogP contribution in [0.4, 0.5) is 0 Å². The summed E-state index contributed by atoms with van der Waals surface area (Å²) in [5.74, 6) is -1.38. The molecule has 1 aromatic carbocycles. The number of fused-ring (bicyclic) bond motifs is 3. The molecule has 2 heterocycles. The average Bonchev–Trinajstić information content (AvgIpc) is 3.25. The van der Waals surface area contributed by atoms with E-state index in [-0.39, 0.29) is 34.9 Å². The summed E-state index contributed by atoms with van der Waals surface area (Å²) in [4.78, 5) is 13.9. The third-order valence-corrected chi connectivity index (χ3v) is 5.11. The van der Waals surface area contributed by atoms with Crippen LogP contribution in [0.1, 0.15) is 28.3 Å². The molecule has 3 aliphatic rings. The van der Waals surface area contributed by atoms with Gasteiger partial charge in [-0.05, 0) is 17.5 Å². The Kier molecular flexibility index (Phi) is 3.50. The standard InChI is InChI=1S/C15H20BN2O6/c17-3-4-18-6-8(7-18)23-12-2-1-9-10-5-11(10)16(21,22)24-14(9)13(12)15(19)20/h1-2,8,10-11,21-22H,3-7,17H2,(H,19,20)/q-1/t10-,11-/m0/s1. The van der Waals surface area contributed by atoms with Crippen molar-refractivity contribution in [1.82, 2.24) is 4.90 Å². The number of carbonyl (C=O) groups is 1. The Labute approximate surface area is 138 Å². The minimum Gasteiger partial charge on any atom is -0.669 e. The number of hydrogen-bond donors (Lipinski definition) is 4. The molecule has 130 valence electrons. The first-order valence-electron chi connectivity index (χ1n) is 8.18. The molecule has 1 saturated heterocycles. The Morgan fingerprint density at radius 2 is 2.17 bits per heavy atom. The fourth-order valence-corrected chi connectivity index (χ4v) is 3.76. The second-order valence-electron chi connectivity index (χ2n) is 6.83. The highest BCUT2D eigenvalue weighted by atomic mass is 16.6. The number of likely N-dealkylation sites (tertiary alicyclic amines) is 1. The number of aromatic carboxylic acids is 1. The predicted molar refractivity (Wildman–Crippen MR) is 85.2 cm³/mol. The van der Waals surface area contributed by atoms with Crippen molar-refractivity contribution in [2.24, 2.45) is 5.73 Å². The number of nitrogens with zero attached hydrogens (tertiary/aromatic N) is 1. The molecule has 9 heteroatoms. The first-order chi connectivity index (χ1) is 11.4. The molecule has 0 radical (unpaired) electrons. The van der Waals surface area contributed by atoms with Gasteiger partial charge in [0, 0.05) is 26.2 Å². The zero-order chi connectivity index (χ0) is 17.1. The molecule has 1 aliphatic carbocycles. The van der Waals surface area contributed by atoms with E-state index in [1.54, 1.807) is 12.1 Å². The van der Waals surface area contributed by atoms with Crippen LogP contribution in [-0.2, 0) is 0 Å². The molecule has 2 atom stereocenters. The Morgan fingerprint density at radius 1 is 1.42 bits per heavy atom. The van der Waals surface area contributed by atoms with Crippen LogP contribution in [0, 0.1) is 0 Å². The van der Waals surface area contributed by atoms with Crippen molar-refractivity contribution in [2.75, 3.05) is 26.2 Å². The fourth-order valence-electron chi connectivity index (χ4n) is 3.76. The molecule has 0 unspecified atom stereocenters. The van der Waals surface area contributed by atoms with Gasteiger partial charge in [0.05, 0.1) is 5.75 Å². The lowest BCUT2D eigenvalue weighted by Crippen LogP contribution is -2.55. The summed E-state index contributed by atoms with van der Waals surface area (Å²) < 4.78 is 11.1. The average molecular weight is 335 g/mol. The summed E-state index contributed by atoms with van der Waals surface area (Å²) in [6, 6.07) is 3.41. The molecule has 2 fully saturated rings. The monoisotopic (exact) mass is 335 g/mol. The van der Waals surface area contributed by atoms with Crippen LogP contribution in [-0.4, -0.2) is 65.1 Å². The second-order valence-corrected chi connectivity index (χ2v) is 6.83. The van der Waals surface area contributed by atoms with Gasteiger partial charge in [-0.25, -0.2) is 4.79 Å². The number of rotatable bonds is 5. The van der Waals surface area contributed by atoms with Gasteiger partial charge < -0.3 is 30.3 Å². The quantitative estimate of drug-likeness (QED) is 0.535. The number of hydrogen-bond acceptors (Lipinski definition) is 7. The maximum atomic E-state index is 11.7. The van der Waals surface area contributed by atoms with Crippen molar-refractivity contribution >= 4 is 12.7 Å². The lowest BCUT2D eigenvalue weighted by Gasteiger charge is -2.40. The van der Waals surface area contributed by atoms with Gasteiger partial charge in [0.2, 0.25) is 0 Å². The number of carboxylic acids is 1. The summed E-state index contributed by atoms with van der Waals surface area (Å²) in [6.07, 6.45) is 0.485. The lowest BCUT2D eigenvalue weighted by molar-refractivity contribution is 0.0210. The van der Waals surface area contributed by atoms with Gasteiger partial charge in [0.25, 0.3) is 0 Å². The third-order valence-electron chi connectivity index (χ3n) is 5.11. The highest BCUT2D eigenvalue weighted by Gasteiger charge is 2.55. The zero-order valence-electron chi connectivity index (χ0n) is 13.1. The van der Waals surface area contributed by atoms with Crippen molar-refractivity contribution in [3.63, 3.8) is 0 Å². The molecule has 24 heavy (non-hydrogen) atoms. The number of nitrogens with two attached hydrogens (primary N) is 1. The maximum absolute atomic E-state index is 11.7. The van der Waals surface area contributed by atoms with E-state index in [0.717, 1.165) is 6.54 Å². The zero-order valence-corrected chi connectivity index (χ0v) is 13.1. The predicted octanol–water partition coefficient (Wildman–Crippen LogP) is -0.420. The van der Waals surface area contributed by atoms with Crippen LogP contribution in [0.2, 0.25) is 5.82 Å². The molecule has 2 aliphatic heterocycles.